The van der Waals surface area contributed by atoms with Gasteiger partial charge >= 0.3 is 0 Å². The lowest BCUT2D eigenvalue weighted by atomic mass is 10.0. The number of hydrogen-bond acceptors (Lipinski definition) is 5. The molecular formula is C24H30N2O5S2. The van der Waals surface area contributed by atoms with Gasteiger partial charge in [-0.3, -0.25) is 4.79 Å². The Hall–Kier alpha value is -2.49. The van der Waals surface area contributed by atoms with Crippen LogP contribution in [0, 0.1) is 0 Å². The van der Waals surface area contributed by atoms with Crippen molar-refractivity contribution in [3.8, 4) is 0 Å². The van der Waals surface area contributed by atoms with Gasteiger partial charge in [-0.2, -0.15) is 4.31 Å². The van der Waals surface area contributed by atoms with Crippen LogP contribution in [0.3, 0.4) is 0 Å². The highest BCUT2D eigenvalue weighted by Crippen LogP contribution is 2.27. The largest absolute Gasteiger partial charge is 0.300 e. The number of sulfonamides is 1. The Bertz CT molecular complexity index is 1230. The molecule has 178 valence electrons. The lowest BCUT2D eigenvalue weighted by Gasteiger charge is -2.28. The zero-order valence-corrected chi connectivity index (χ0v) is 20.9. The Labute approximate surface area is 196 Å². The number of hydrogen-bond donors (Lipinski definition) is 0. The third kappa shape index (κ3) is 5.37. The average Bonchev–Trinajstić information content (AvgIpc) is 3.14. The molecule has 1 aliphatic heterocycles. The fourth-order valence-electron chi connectivity index (χ4n) is 3.82. The summed E-state index contributed by atoms with van der Waals surface area (Å²) in [5, 5.41) is 1.14. The Balaban J connectivity index is 1.97. The molecule has 0 fully saturated rings. The highest BCUT2D eigenvalue weighted by molar-refractivity contribution is 7.94. The molecule has 7 nitrogen and oxygen atoms in total. The first-order chi connectivity index (χ1) is 15.5. The molecule has 3 rings (SSSR count). The van der Waals surface area contributed by atoms with Crippen molar-refractivity contribution in [3.63, 3.8) is 0 Å². The van der Waals surface area contributed by atoms with Crippen LogP contribution in [0.4, 0.5) is 5.69 Å². The van der Waals surface area contributed by atoms with Crippen molar-refractivity contribution in [1.29, 1.82) is 0 Å². The number of nitrogens with zero attached hydrogens (tertiary/aromatic N) is 2. The van der Waals surface area contributed by atoms with E-state index in [0.717, 1.165) is 11.0 Å². The summed E-state index contributed by atoms with van der Waals surface area (Å²) in [6.07, 6.45) is 1.52. The van der Waals surface area contributed by atoms with Crippen LogP contribution in [0.15, 0.2) is 64.9 Å². The van der Waals surface area contributed by atoms with Crippen molar-refractivity contribution >= 4 is 31.5 Å². The van der Waals surface area contributed by atoms with Crippen LogP contribution >= 0.6 is 0 Å². The maximum absolute atomic E-state index is 13.5. The van der Waals surface area contributed by atoms with Crippen LogP contribution in [-0.4, -0.2) is 51.9 Å². The number of amides is 1. The summed E-state index contributed by atoms with van der Waals surface area (Å²) >= 11 is 0. The molecule has 0 saturated heterocycles. The lowest BCUT2D eigenvalue weighted by molar-refractivity contribution is 0.0983. The van der Waals surface area contributed by atoms with Gasteiger partial charge < -0.3 is 4.90 Å². The Kier molecular flexibility index (Phi) is 7.45. The minimum Gasteiger partial charge on any atom is -0.300 e. The van der Waals surface area contributed by atoms with Crippen LogP contribution in [0.2, 0.25) is 0 Å². The second kappa shape index (κ2) is 9.79. The fraction of sp³-hybridized carbons (Fsp3) is 0.375. The van der Waals surface area contributed by atoms with E-state index in [1.54, 1.807) is 13.8 Å². The minimum atomic E-state index is -3.64. The van der Waals surface area contributed by atoms with Crippen LogP contribution in [0.25, 0.3) is 0 Å². The highest BCUT2D eigenvalue weighted by Gasteiger charge is 2.32. The van der Waals surface area contributed by atoms with E-state index in [0.29, 0.717) is 24.7 Å². The van der Waals surface area contributed by atoms with Crippen molar-refractivity contribution in [2.24, 2.45) is 0 Å². The average molecular weight is 491 g/mol. The van der Waals surface area contributed by atoms with Gasteiger partial charge in [0.1, 0.15) is 0 Å². The molecule has 0 radical (unpaired) electrons. The van der Waals surface area contributed by atoms with Gasteiger partial charge in [0.2, 0.25) is 10.0 Å². The van der Waals surface area contributed by atoms with Gasteiger partial charge in [0, 0.05) is 29.7 Å². The van der Waals surface area contributed by atoms with Crippen molar-refractivity contribution in [2.45, 2.75) is 44.6 Å². The summed E-state index contributed by atoms with van der Waals surface area (Å²) < 4.78 is 51.0. The van der Waals surface area contributed by atoms with E-state index in [-0.39, 0.29) is 16.2 Å². The molecular weight excluding hydrogens is 460 g/mol. The van der Waals surface area contributed by atoms with Gasteiger partial charge in [0.25, 0.3) is 5.91 Å². The first kappa shape index (κ1) is 25.1. The van der Waals surface area contributed by atoms with E-state index in [9.17, 15) is 21.6 Å². The highest BCUT2D eigenvalue weighted by atomic mass is 32.2. The molecule has 1 atom stereocenters. The molecule has 1 aliphatic rings. The van der Waals surface area contributed by atoms with Gasteiger partial charge in [0.15, 0.2) is 9.84 Å². The predicted octanol–water partition coefficient (Wildman–Crippen LogP) is 3.80. The summed E-state index contributed by atoms with van der Waals surface area (Å²) in [5.41, 5.74) is 1.96. The van der Waals surface area contributed by atoms with Gasteiger partial charge in [-0.1, -0.05) is 39.8 Å². The molecule has 1 amide bonds. The summed E-state index contributed by atoms with van der Waals surface area (Å²) in [6.45, 7) is 8.37. The van der Waals surface area contributed by atoms with Gasteiger partial charge in [-0.05, 0) is 54.0 Å². The zero-order chi connectivity index (χ0) is 24.4. The number of carbonyl (C=O) groups is 1. The van der Waals surface area contributed by atoms with E-state index in [4.69, 9.17) is 0 Å². The monoisotopic (exact) mass is 490 g/mol. The maximum Gasteiger partial charge on any atom is 0.258 e. The lowest BCUT2D eigenvalue weighted by Crippen LogP contribution is -2.41. The third-order valence-electron chi connectivity index (χ3n) is 5.74. The van der Waals surface area contributed by atoms with Crippen LogP contribution in [-0.2, 0) is 19.9 Å². The van der Waals surface area contributed by atoms with Crippen molar-refractivity contribution in [3.05, 3.63) is 71.1 Å². The molecule has 0 unspecified atom stereocenters. The predicted molar refractivity (Wildman–Crippen MR) is 131 cm³/mol. The smallest absolute Gasteiger partial charge is 0.258 e. The Morgan fingerprint density at radius 3 is 2.03 bits per heavy atom. The van der Waals surface area contributed by atoms with E-state index in [1.807, 2.05) is 24.3 Å². The van der Waals surface area contributed by atoms with Gasteiger partial charge in [-0.15, -0.1) is 0 Å². The molecule has 0 saturated carbocycles. The topological polar surface area (TPSA) is 91.8 Å². The van der Waals surface area contributed by atoms with Crippen molar-refractivity contribution < 1.29 is 21.6 Å². The van der Waals surface area contributed by atoms with E-state index < -0.39 is 31.8 Å². The maximum atomic E-state index is 13.5. The second-order valence-electron chi connectivity index (χ2n) is 8.26. The number of anilines is 1. The summed E-state index contributed by atoms with van der Waals surface area (Å²) in [6, 6.07) is 12.6. The first-order valence-corrected chi connectivity index (χ1v) is 14.1. The number of sulfone groups is 1. The molecule has 0 aliphatic carbocycles. The quantitative estimate of drug-likeness (QED) is 0.561. The summed E-state index contributed by atoms with van der Waals surface area (Å²) in [4.78, 5) is 15.1. The molecule has 0 N–H and O–H groups in total. The number of benzene rings is 2. The third-order valence-corrected chi connectivity index (χ3v) is 9.19. The van der Waals surface area contributed by atoms with Crippen LogP contribution in [0.1, 0.15) is 49.5 Å². The van der Waals surface area contributed by atoms with Crippen molar-refractivity contribution in [1.82, 2.24) is 4.31 Å². The molecule has 0 bridgehead atoms. The fourth-order valence-corrected chi connectivity index (χ4v) is 6.55. The number of carbonyl (C=O) groups excluding carboxylic acids is 1. The molecule has 2 aromatic carbocycles. The van der Waals surface area contributed by atoms with E-state index >= 15 is 0 Å². The SMILES string of the molecule is CCN(CC)S(=O)(=O)c1ccc(C(=O)N(c2ccc(C(C)C)cc2)[C@H]2C=CS(=O)(=O)C2)cc1. The van der Waals surface area contributed by atoms with Gasteiger partial charge in [-0.25, -0.2) is 16.8 Å². The second-order valence-corrected chi connectivity index (χ2v) is 12.1. The molecule has 1 heterocycles. The molecule has 0 spiro atoms. The molecule has 9 heteroatoms. The van der Waals surface area contributed by atoms with E-state index in [2.05, 4.69) is 13.8 Å². The first-order valence-electron chi connectivity index (χ1n) is 10.9. The summed E-state index contributed by atoms with van der Waals surface area (Å²) in [7, 11) is -7.03. The zero-order valence-electron chi connectivity index (χ0n) is 19.3. The molecule has 33 heavy (non-hydrogen) atoms. The minimum absolute atomic E-state index is 0.110. The molecule has 2 aromatic rings. The van der Waals surface area contributed by atoms with Crippen LogP contribution < -0.4 is 4.90 Å². The van der Waals surface area contributed by atoms with Gasteiger partial charge in [0.05, 0.1) is 16.7 Å². The van der Waals surface area contributed by atoms with Crippen molar-refractivity contribution in [2.75, 3.05) is 23.7 Å². The molecule has 0 aromatic heterocycles. The Morgan fingerprint density at radius 1 is 1.00 bits per heavy atom. The number of rotatable bonds is 8. The van der Waals surface area contributed by atoms with Crippen LogP contribution in [0.5, 0.6) is 0 Å². The Morgan fingerprint density at radius 2 is 1.58 bits per heavy atom. The normalized spacial score (nSPS) is 17.6. The van der Waals surface area contributed by atoms with E-state index in [1.165, 1.54) is 39.5 Å². The standard InChI is InChI=1S/C24H30N2O5S2/c1-5-25(6-2)33(30,31)23-13-9-20(10-14-23)24(27)26(22-15-16-32(28,29)17-22)21-11-7-19(8-12-21)18(3)4/h7-16,18,22H,5-6,17H2,1-4H3/t22-/m0/s1. The summed E-state index contributed by atoms with van der Waals surface area (Å²) in [5.74, 6) is -0.278.